The van der Waals surface area contributed by atoms with Gasteiger partial charge in [0.1, 0.15) is 4.90 Å². The molecule has 2 aromatic rings. The average Bonchev–Trinajstić information content (AvgIpc) is 2.60. The van der Waals surface area contributed by atoms with Crippen LogP contribution >= 0.6 is 0 Å². The Balaban J connectivity index is 1.65. The number of hydrogen-bond acceptors (Lipinski definition) is 4. The van der Waals surface area contributed by atoms with Crippen molar-refractivity contribution in [3.05, 3.63) is 59.9 Å². The van der Waals surface area contributed by atoms with E-state index in [-0.39, 0.29) is 17.0 Å². The summed E-state index contributed by atoms with van der Waals surface area (Å²) in [5.74, 6) is -1.71. The Morgan fingerprint density at radius 3 is 2.46 bits per heavy atom. The second-order valence-electron chi connectivity index (χ2n) is 5.58. The first kappa shape index (κ1) is 16.9. The van der Waals surface area contributed by atoms with Gasteiger partial charge in [0.05, 0.1) is 0 Å². The molecule has 0 unspecified atom stereocenters. The predicted octanol–water partition coefficient (Wildman–Crippen LogP) is 1.87. The van der Waals surface area contributed by atoms with Crippen molar-refractivity contribution in [1.82, 2.24) is 14.2 Å². The van der Waals surface area contributed by atoms with E-state index in [2.05, 4.69) is 4.98 Å². The first-order valence-corrected chi connectivity index (χ1v) is 8.98. The number of halogens is 2. The molecular formula is C16H17F2N3O2S. The Labute approximate surface area is 139 Å². The van der Waals surface area contributed by atoms with Crippen LogP contribution in [-0.2, 0) is 16.6 Å². The summed E-state index contributed by atoms with van der Waals surface area (Å²) in [7, 11) is -3.56. The number of pyridine rings is 1. The maximum Gasteiger partial charge on any atom is 0.244 e. The number of aromatic nitrogens is 1. The van der Waals surface area contributed by atoms with Gasteiger partial charge in [-0.1, -0.05) is 12.1 Å². The molecular weight excluding hydrogens is 336 g/mol. The molecule has 1 fully saturated rings. The molecule has 0 atom stereocenters. The van der Waals surface area contributed by atoms with E-state index in [9.17, 15) is 17.2 Å². The minimum Gasteiger partial charge on any atom is -0.296 e. The summed E-state index contributed by atoms with van der Waals surface area (Å²) in [6.07, 6.45) is 2.84. The second-order valence-corrected chi connectivity index (χ2v) is 7.52. The molecule has 8 heteroatoms. The molecule has 0 amide bonds. The number of benzene rings is 1. The summed E-state index contributed by atoms with van der Waals surface area (Å²) in [4.78, 5) is 5.91. The van der Waals surface area contributed by atoms with Crippen molar-refractivity contribution in [2.45, 2.75) is 11.4 Å². The molecule has 1 aliphatic rings. The molecule has 24 heavy (non-hydrogen) atoms. The Morgan fingerprint density at radius 2 is 1.79 bits per heavy atom. The Kier molecular flexibility index (Phi) is 4.88. The first-order chi connectivity index (χ1) is 11.5. The van der Waals surface area contributed by atoms with Crippen LogP contribution in [0, 0.1) is 11.6 Å². The first-order valence-electron chi connectivity index (χ1n) is 7.54. The summed E-state index contributed by atoms with van der Waals surface area (Å²) in [6.45, 7) is 1.76. The summed E-state index contributed by atoms with van der Waals surface area (Å²) in [6, 6.07) is 7.18. The zero-order valence-corrected chi connectivity index (χ0v) is 13.7. The van der Waals surface area contributed by atoms with E-state index in [0.717, 1.165) is 6.07 Å². The van der Waals surface area contributed by atoms with Gasteiger partial charge in [-0.15, -0.1) is 0 Å². The second kappa shape index (κ2) is 6.92. The molecule has 1 aliphatic heterocycles. The van der Waals surface area contributed by atoms with Gasteiger partial charge in [0.15, 0.2) is 11.6 Å². The van der Waals surface area contributed by atoms with E-state index in [4.69, 9.17) is 0 Å². The fourth-order valence-corrected chi connectivity index (χ4v) is 4.07. The van der Waals surface area contributed by atoms with Crippen LogP contribution in [0.25, 0.3) is 0 Å². The van der Waals surface area contributed by atoms with Crippen molar-refractivity contribution < 1.29 is 17.2 Å². The Morgan fingerprint density at radius 1 is 1.04 bits per heavy atom. The molecule has 128 valence electrons. The van der Waals surface area contributed by atoms with Gasteiger partial charge in [0.2, 0.25) is 10.0 Å². The van der Waals surface area contributed by atoms with Crippen molar-refractivity contribution in [3.63, 3.8) is 0 Å². The van der Waals surface area contributed by atoms with Gasteiger partial charge < -0.3 is 0 Å². The third-order valence-electron chi connectivity index (χ3n) is 4.03. The average molecular weight is 353 g/mol. The highest BCUT2D eigenvalue weighted by Gasteiger charge is 2.28. The number of rotatable bonds is 4. The molecule has 1 aromatic carbocycles. The smallest absolute Gasteiger partial charge is 0.244 e. The van der Waals surface area contributed by atoms with Crippen LogP contribution in [0.2, 0.25) is 0 Å². The van der Waals surface area contributed by atoms with Crippen LogP contribution in [-0.4, -0.2) is 48.8 Å². The molecule has 5 nitrogen and oxygen atoms in total. The third kappa shape index (κ3) is 3.45. The maximum absolute atomic E-state index is 13.7. The fourth-order valence-electron chi connectivity index (χ4n) is 2.69. The van der Waals surface area contributed by atoms with Crippen molar-refractivity contribution in [2.24, 2.45) is 0 Å². The maximum atomic E-state index is 13.7. The minimum atomic E-state index is -3.56. The van der Waals surface area contributed by atoms with Gasteiger partial charge in [-0.25, -0.2) is 17.2 Å². The van der Waals surface area contributed by atoms with Crippen LogP contribution in [0.4, 0.5) is 8.78 Å². The summed E-state index contributed by atoms with van der Waals surface area (Å²) in [5.41, 5.74) is 0.276. The van der Waals surface area contributed by atoms with Gasteiger partial charge >= 0.3 is 0 Å². The number of nitrogens with zero attached hydrogens (tertiary/aromatic N) is 3. The van der Waals surface area contributed by atoms with E-state index in [1.807, 2.05) is 4.90 Å². The lowest BCUT2D eigenvalue weighted by molar-refractivity contribution is 0.179. The quantitative estimate of drug-likeness (QED) is 0.842. The topological polar surface area (TPSA) is 53.5 Å². The van der Waals surface area contributed by atoms with Crippen molar-refractivity contribution in [2.75, 3.05) is 26.2 Å². The lowest BCUT2D eigenvalue weighted by atomic mass is 10.2. The molecule has 0 saturated carbocycles. The molecule has 1 saturated heterocycles. The fraction of sp³-hybridized carbons (Fsp3) is 0.312. The predicted molar refractivity (Wildman–Crippen MR) is 84.6 cm³/mol. The number of piperazine rings is 1. The van der Waals surface area contributed by atoms with Gasteiger partial charge in [-0.3, -0.25) is 9.88 Å². The van der Waals surface area contributed by atoms with Crippen molar-refractivity contribution >= 4 is 10.0 Å². The molecule has 0 N–H and O–H groups in total. The van der Waals surface area contributed by atoms with Gasteiger partial charge in [-0.05, 0) is 18.2 Å². The highest BCUT2D eigenvalue weighted by Crippen LogP contribution is 2.19. The molecule has 0 bridgehead atoms. The monoisotopic (exact) mass is 353 g/mol. The molecule has 3 rings (SSSR count). The van der Waals surface area contributed by atoms with Crippen molar-refractivity contribution in [1.29, 1.82) is 0 Å². The highest BCUT2D eigenvalue weighted by atomic mass is 32.2. The van der Waals surface area contributed by atoms with E-state index in [0.29, 0.717) is 26.2 Å². The zero-order chi connectivity index (χ0) is 17.2. The minimum absolute atomic E-state index is 0.162. The third-order valence-corrected chi connectivity index (χ3v) is 5.91. The van der Waals surface area contributed by atoms with Crippen LogP contribution in [0.5, 0.6) is 0 Å². The summed E-state index contributed by atoms with van der Waals surface area (Å²) in [5, 5.41) is 0. The normalized spacial score (nSPS) is 17.1. The van der Waals surface area contributed by atoms with Crippen LogP contribution in [0.3, 0.4) is 0 Å². The van der Waals surface area contributed by atoms with E-state index < -0.39 is 21.7 Å². The zero-order valence-electron chi connectivity index (χ0n) is 12.9. The lowest BCUT2D eigenvalue weighted by Gasteiger charge is -2.34. The van der Waals surface area contributed by atoms with Gasteiger partial charge in [0, 0.05) is 50.7 Å². The Hall–Kier alpha value is -1.90. The summed E-state index contributed by atoms with van der Waals surface area (Å²) < 4.78 is 53.4. The number of sulfonamides is 1. The number of hydrogen-bond donors (Lipinski definition) is 0. The highest BCUT2D eigenvalue weighted by molar-refractivity contribution is 7.89. The molecule has 0 radical (unpaired) electrons. The standard InChI is InChI=1S/C16H17F2N3O2S/c17-15-5-1-3-13(16(15)18)12-20-7-9-21(10-8-20)24(22,23)14-4-2-6-19-11-14/h1-6,11H,7-10,12H2. The molecule has 1 aromatic heterocycles. The van der Waals surface area contributed by atoms with E-state index in [1.54, 1.807) is 6.07 Å². The van der Waals surface area contributed by atoms with Gasteiger partial charge in [-0.2, -0.15) is 4.31 Å². The molecule has 0 aliphatic carbocycles. The van der Waals surface area contributed by atoms with Crippen LogP contribution < -0.4 is 0 Å². The van der Waals surface area contributed by atoms with Crippen molar-refractivity contribution in [3.8, 4) is 0 Å². The Bertz CT molecular complexity index is 807. The lowest BCUT2D eigenvalue weighted by Crippen LogP contribution is -2.48. The largest absolute Gasteiger partial charge is 0.296 e. The van der Waals surface area contributed by atoms with E-state index in [1.165, 1.54) is 34.9 Å². The summed E-state index contributed by atoms with van der Waals surface area (Å²) >= 11 is 0. The van der Waals surface area contributed by atoms with Crippen LogP contribution in [0.1, 0.15) is 5.56 Å². The molecule has 0 spiro atoms. The molecule has 2 heterocycles. The SMILES string of the molecule is O=S(=O)(c1cccnc1)N1CCN(Cc2cccc(F)c2F)CC1. The van der Waals surface area contributed by atoms with E-state index >= 15 is 0 Å². The van der Waals surface area contributed by atoms with Gasteiger partial charge in [0.25, 0.3) is 0 Å². The van der Waals surface area contributed by atoms with Crippen LogP contribution in [0.15, 0.2) is 47.6 Å².